The fraction of sp³-hybridized carbons (Fsp3) is 0.667. The topological polar surface area (TPSA) is 75.1 Å². The van der Waals surface area contributed by atoms with E-state index in [9.17, 15) is 18.3 Å². The fourth-order valence-electron chi connectivity index (χ4n) is 3.37. The average molecular weight is 431 g/mol. The summed E-state index contributed by atoms with van der Waals surface area (Å²) in [4.78, 5) is 4.10. The van der Waals surface area contributed by atoms with E-state index in [1.54, 1.807) is 33.9 Å². The molecular formula is C21H32F3N3O3. The molecule has 0 amide bonds. The summed E-state index contributed by atoms with van der Waals surface area (Å²) < 4.78 is 51.8. The molecule has 6 nitrogen and oxygen atoms in total. The van der Waals surface area contributed by atoms with E-state index < -0.39 is 17.3 Å². The molecule has 170 valence electrons. The molecule has 1 saturated heterocycles. The van der Waals surface area contributed by atoms with Crippen LogP contribution in [0.5, 0.6) is 5.75 Å². The lowest BCUT2D eigenvalue weighted by molar-refractivity contribution is -0.138. The van der Waals surface area contributed by atoms with Crippen molar-refractivity contribution in [3.05, 3.63) is 29.3 Å². The van der Waals surface area contributed by atoms with E-state index in [2.05, 4.69) is 15.6 Å². The van der Waals surface area contributed by atoms with Crippen LogP contribution in [0.25, 0.3) is 0 Å². The number of benzene rings is 1. The van der Waals surface area contributed by atoms with Crippen molar-refractivity contribution in [1.82, 2.24) is 10.6 Å². The van der Waals surface area contributed by atoms with Gasteiger partial charge in [-0.15, -0.1) is 0 Å². The first-order chi connectivity index (χ1) is 14.0. The Morgan fingerprint density at radius 2 is 2.00 bits per heavy atom. The molecule has 1 aromatic rings. The lowest BCUT2D eigenvalue weighted by atomic mass is 9.84. The molecule has 1 fully saturated rings. The number of hydrogen-bond donors (Lipinski definition) is 3. The average Bonchev–Trinajstić information content (AvgIpc) is 3.09. The first-order valence-corrected chi connectivity index (χ1v) is 10.0. The van der Waals surface area contributed by atoms with Crippen molar-refractivity contribution in [3.63, 3.8) is 0 Å². The van der Waals surface area contributed by atoms with Gasteiger partial charge in [0.05, 0.1) is 12.2 Å². The monoisotopic (exact) mass is 431 g/mol. The van der Waals surface area contributed by atoms with Crippen LogP contribution < -0.4 is 15.4 Å². The lowest BCUT2D eigenvalue weighted by Gasteiger charge is -2.28. The van der Waals surface area contributed by atoms with Gasteiger partial charge in [-0.05, 0) is 51.3 Å². The first-order valence-electron chi connectivity index (χ1n) is 10.0. The number of aliphatic imine (C=N–C) groups is 1. The summed E-state index contributed by atoms with van der Waals surface area (Å²) in [6, 6.07) is 3.99. The van der Waals surface area contributed by atoms with Crippen LogP contribution in [0.3, 0.4) is 0 Å². The normalized spacial score (nSPS) is 20.3. The van der Waals surface area contributed by atoms with Crippen molar-refractivity contribution in [2.75, 3.05) is 33.4 Å². The van der Waals surface area contributed by atoms with Gasteiger partial charge in [-0.25, -0.2) is 0 Å². The molecule has 3 N–H and O–H groups in total. The number of hydrogen-bond acceptors (Lipinski definition) is 4. The van der Waals surface area contributed by atoms with Crippen LogP contribution in [0.1, 0.15) is 44.7 Å². The Labute approximate surface area is 175 Å². The SMILES string of the molecule is CN=C(NCc1ccc(OC(C)(C)C)cc1C(F)(F)F)NCC1(CCO)CCOC1. The van der Waals surface area contributed by atoms with Crippen LogP contribution >= 0.6 is 0 Å². The van der Waals surface area contributed by atoms with Gasteiger partial charge in [-0.1, -0.05) is 6.07 Å². The first kappa shape index (κ1) is 24.3. The number of nitrogens with one attached hydrogen (secondary N) is 2. The number of aliphatic hydroxyl groups excluding tert-OH is 1. The van der Waals surface area contributed by atoms with Crippen molar-refractivity contribution in [3.8, 4) is 5.75 Å². The van der Waals surface area contributed by atoms with Gasteiger partial charge in [-0.3, -0.25) is 4.99 Å². The highest BCUT2D eigenvalue weighted by atomic mass is 19.4. The highest BCUT2D eigenvalue weighted by molar-refractivity contribution is 5.79. The highest BCUT2D eigenvalue weighted by Crippen LogP contribution is 2.35. The second-order valence-electron chi connectivity index (χ2n) is 8.59. The van der Waals surface area contributed by atoms with Crippen LogP contribution in [-0.2, 0) is 17.5 Å². The van der Waals surface area contributed by atoms with E-state index >= 15 is 0 Å². The van der Waals surface area contributed by atoms with Gasteiger partial charge in [0.15, 0.2) is 5.96 Å². The molecule has 0 saturated carbocycles. The largest absolute Gasteiger partial charge is 0.488 e. The molecule has 30 heavy (non-hydrogen) atoms. The molecule has 1 aromatic carbocycles. The molecule has 1 atom stereocenters. The minimum Gasteiger partial charge on any atom is -0.488 e. The van der Waals surface area contributed by atoms with Crippen LogP contribution in [0, 0.1) is 5.41 Å². The van der Waals surface area contributed by atoms with E-state index in [4.69, 9.17) is 9.47 Å². The molecule has 0 radical (unpaired) electrons. The van der Waals surface area contributed by atoms with Crippen molar-refractivity contribution >= 4 is 5.96 Å². The van der Waals surface area contributed by atoms with Crippen molar-refractivity contribution in [2.24, 2.45) is 10.4 Å². The summed E-state index contributed by atoms with van der Waals surface area (Å²) in [6.07, 6.45) is -3.10. The van der Waals surface area contributed by atoms with Crippen LogP contribution in [0.15, 0.2) is 23.2 Å². The lowest BCUT2D eigenvalue weighted by Crippen LogP contribution is -2.44. The number of aliphatic hydroxyl groups is 1. The second-order valence-corrected chi connectivity index (χ2v) is 8.59. The van der Waals surface area contributed by atoms with Crippen molar-refractivity contribution in [1.29, 1.82) is 0 Å². The van der Waals surface area contributed by atoms with Crippen LogP contribution in [-0.4, -0.2) is 50.1 Å². The minimum absolute atomic E-state index is 0.0478. The number of ether oxygens (including phenoxy) is 2. The van der Waals surface area contributed by atoms with Crippen molar-refractivity contribution in [2.45, 2.75) is 51.9 Å². The standard InChI is InChI=1S/C21H32F3N3O3/c1-19(2,3)30-16-6-5-15(17(11-16)21(22,23)24)12-26-18(25-4)27-13-20(7-9-28)8-10-29-14-20/h5-6,11,28H,7-10,12-14H2,1-4H3,(H2,25,26,27). The quantitative estimate of drug-likeness (QED) is 0.456. The Morgan fingerprint density at radius 1 is 1.27 bits per heavy atom. The Balaban J connectivity index is 2.07. The summed E-state index contributed by atoms with van der Waals surface area (Å²) in [5.41, 5.74) is -1.44. The molecular weight excluding hydrogens is 399 g/mol. The number of alkyl halides is 3. The Morgan fingerprint density at radius 3 is 2.53 bits per heavy atom. The van der Waals surface area contributed by atoms with Gasteiger partial charge in [0.1, 0.15) is 11.4 Å². The van der Waals surface area contributed by atoms with E-state index in [0.717, 1.165) is 12.5 Å². The summed E-state index contributed by atoms with van der Waals surface area (Å²) in [7, 11) is 1.56. The zero-order valence-corrected chi connectivity index (χ0v) is 18.0. The Hall–Kier alpha value is -2.00. The van der Waals surface area contributed by atoms with Gasteiger partial charge >= 0.3 is 6.18 Å². The fourth-order valence-corrected chi connectivity index (χ4v) is 3.37. The van der Waals surface area contributed by atoms with E-state index in [1.165, 1.54) is 6.07 Å². The van der Waals surface area contributed by atoms with Crippen LogP contribution in [0.4, 0.5) is 13.2 Å². The minimum atomic E-state index is -4.50. The summed E-state index contributed by atoms with van der Waals surface area (Å²) in [5.74, 6) is 0.565. The molecule has 1 unspecified atom stereocenters. The van der Waals surface area contributed by atoms with Crippen molar-refractivity contribution < 1.29 is 27.8 Å². The van der Waals surface area contributed by atoms with Gasteiger partial charge in [0.2, 0.25) is 0 Å². The second kappa shape index (κ2) is 9.87. The molecule has 0 aliphatic carbocycles. The Kier molecular flexibility index (Phi) is 7.99. The predicted octanol–water partition coefficient (Wildman–Crippen LogP) is 3.34. The van der Waals surface area contributed by atoms with Gasteiger partial charge in [-0.2, -0.15) is 13.2 Å². The van der Waals surface area contributed by atoms with Crippen LogP contribution in [0.2, 0.25) is 0 Å². The number of rotatable bonds is 7. The summed E-state index contributed by atoms with van der Waals surface area (Å²) >= 11 is 0. The summed E-state index contributed by atoms with van der Waals surface area (Å²) in [6.45, 7) is 7.02. The maximum absolute atomic E-state index is 13.6. The maximum atomic E-state index is 13.6. The van der Waals surface area contributed by atoms with Gasteiger partial charge < -0.3 is 25.2 Å². The molecule has 9 heteroatoms. The van der Waals surface area contributed by atoms with E-state index in [-0.39, 0.29) is 29.9 Å². The number of nitrogens with zero attached hydrogens (tertiary/aromatic N) is 1. The van der Waals surface area contributed by atoms with Gasteiger partial charge in [0.25, 0.3) is 0 Å². The third kappa shape index (κ3) is 7.05. The highest BCUT2D eigenvalue weighted by Gasteiger charge is 2.35. The molecule has 1 heterocycles. The number of halogens is 3. The molecule has 0 spiro atoms. The Bertz CT molecular complexity index is 724. The third-order valence-corrected chi connectivity index (χ3v) is 4.94. The molecule has 0 aromatic heterocycles. The smallest absolute Gasteiger partial charge is 0.416 e. The summed E-state index contributed by atoms with van der Waals surface area (Å²) in [5, 5.41) is 15.4. The zero-order chi connectivity index (χ0) is 22.4. The van der Waals surface area contributed by atoms with E-state index in [1.807, 2.05) is 0 Å². The predicted molar refractivity (Wildman–Crippen MR) is 110 cm³/mol. The third-order valence-electron chi connectivity index (χ3n) is 4.94. The molecule has 1 aliphatic rings. The zero-order valence-electron chi connectivity index (χ0n) is 18.0. The van der Waals surface area contributed by atoms with E-state index in [0.29, 0.717) is 32.1 Å². The maximum Gasteiger partial charge on any atom is 0.416 e. The molecule has 2 rings (SSSR count). The van der Waals surface area contributed by atoms with Gasteiger partial charge in [0, 0.05) is 38.8 Å². The molecule has 1 aliphatic heterocycles. The number of guanidine groups is 1. The molecule has 0 bridgehead atoms.